The lowest BCUT2D eigenvalue weighted by molar-refractivity contribution is -0.400. The molecule has 6 nitrogen and oxygen atoms in total. The molecule has 0 saturated heterocycles. The second kappa shape index (κ2) is 6.09. The van der Waals surface area contributed by atoms with E-state index in [0.29, 0.717) is 4.68 Å². The van der Waals surface area contributed by atoms with E-state index in [9.17, 15) is 49.6 Å². The van der Waals surface area contributed by atoms with Crippen LogP contribution in [-0.2, 0) is 5.92 Å². The summed E-state index contributed by atoms with van der Waals surface area (Å²) in [6.07, 6.45) is -6.95. The fraction of sp³-hybridized carbons (Fsp3) is 0.333. The van der Waals surface area contributed by atoms with E-state index >= 15 is 0 Å². The molecule has 0 N–H and O–H groups in total. The van der Waals surface area contributed by atoms with Crippen LogP contribution in [0.1, 0.15) is 5.69 Å². The van der Waals surface area contributed by atoms with Gasteiger partial charge in [-0.3, -0.25) is 10.1 Å². The molecule has 2 aromatic rings. The first-order valence-corrected chi connectivity index (χ1v) is 6.51. The van der Waals surface area contributed by atoms with Crippen molar-refractivity contribution in [2.24, 2.45) is 0 Å². The highest BCUT2D eigenvalue weighted by Gasteiger charge is 2.82. The van der Waals surface area contributed by atoms with E-state index in [4.69, 9.17) is 0 Å². The minimum absolute atomic E-state index is 0.00152. The SMILES string of the molecule is O=[N+]([O-])c1ccc(-n2cc(C(F)(F)C(F)(F)C(F)(F)C(F)(F)F)nn2)cc1. The monoisotopic (exact) mass is 408 g/mol. The maximum atomic E-state index is 13.7. The van der Waals surface area contributed by atoms with Gasteiger partial charge in [-0.1, -0.05) is 5.21 Å². The molecule has 1 aromatic heterocycles. The fourth-order valence-corrected chi connectivity index (χ4v) is 1.80. The molecular formula is C12H5F9N4O2. The number of rotatable bonds is 5. The summed E-state index contributed by atoms with van der Waals surface area (Å²) in [5.74, 6) is -20.0. The number of hydrogen-bond donors (Lipinski definition) is 0. The average molecular weight is 408 g/mol. The van der Waals surface area contributed by atoms with E-state index in [1.54, 1.807) is 0 Å². The van der Waals surface area contributed by atoms with Crippen molar-refractivity contribution in [2.75, 3.05) is 0 Å². The molecule has 15 heteroatoms. The summed E-state index contributed by atoms with van der Waals surface area (Å²) in [6, 6.07) is 3.61. The highest BCUT2D eigenvalue weighted by Crippen LogP contribution is 2.56. The van der Waals surface area contributed by atoms with Crippen molar-refractivity contribution in [1.29, 1.82) is 0 Å². The van der Waals surface area contributed by atoms with Crippen molar-refractivity contribution in [2.45, 2.75) is 23.9 Å². The Hall–Kier alpha value is -2.87. The second-order valence-corrected chi connectivity index (χ2v) is 5.04. The minimum atomic E-state index is -7.05. The molecule has 0 aliphatic rings. The van der Waals surface area contributed by atoms with Crippen molar-refractivity contribution in [3.05, 3.63) is 46.3 Å². The van der Waals surface area contributed by atoms with Crippen molar-refractivity contribution in [3.63, 3.8) is 0 Å². The first kappa shape index (κ1) is 20.4. The van der Waals surface area contributed by atoms with E-state index in [1.165, 1.54) is 0 Å². The van der Waals surface area contributed by atoms with Crippen LogP contribution in [0.2, 0.25) is 0 Å². The number of alkyl halides is 9. The quantitative estimate of drug-likeness (QED) is 0.424. The van der Waals surface area contributed by atoms with E-state index in [1.807, 2.05) is 0 Å². The molecule has 0 aliphatic heterocycles. The van der Waals surface area contributed by atoms with Crippen LogP contribution in [0.25, 0.3) is 5.69 Å². The molecule has 0 unspecified atom stereocenters. The Labute approximate surface area is 142 Å². The van der Waals surface area contributed by atoms with Crippen LogP contribution in [0.5, 0.6) is 0 Å². The zero-order chi connectivity index (χ0) is 20.8. The zero-order valence-corrected chi connectivity index (χ0v) is 12.4. The number of nitrogens with zero attached hydrogens (tertiary/aromatic N) is 4. The predicted octanol–water partition coefficient (Wildman–Crippen LogP) is 4.10. The minimum Gasteiger partial charge on any atom is -0.258 e. The number of non-ortho nitro benzene ring substituents is 1. The number of nitro groups is 1. The molecular weight excluding hydrogens is 403 g/mol. The van der Waals surface area contributed by atoms with E-state index in [-0.39, 0.29) is 11.9 Å². The summed E-state index contributed by atoms with van der Waals surface area (Å²) in [7, 11) is 0. The molecule has 0 radical (unpaired) electrons. The van der Waals surface area contributed by atoms with Gasteiger partial charge in [0.15, 0.2) is 5.69 Å². The number of nitro benzene ring substituents is 1. The molecule has 1 heterocycles. The number of benzene rings is 1. The Bertz CT molecular complexity index is 845. The third kappa shape index (κ3) is 3.16. The van der Waals surface area contributed by atoms with Crippen molar-refractivity contribution in [1.82, 2.24) is 15.0 Å². The molecule has 0 atom stereocenters. The van der Waals surface area contributed by atoms with Gasteiger partial charge in [0.25, 0.3) is 5.69 Å². The number of aromatic nitrogens is 3. The summed E-state index contributed by atoms with van der Waals surface area (Å²) in [5.41, 5.74) is -2.82. The van der Waals surface area contributed by atoms with Gasteiger partial charge in [-0.25, -0.2) is 4.68 Å². The molecule has 1 aromatic carbocycles. The lowest BCUT2D eigenvalue weighted by Gasteiger charge is -2.32. The molecule has 0 aliphatic carbocycles. The molecule has 27 heavy (non-hydrogen) atoms. The largest absolute Gasteiger partial charge is 0.460 e. The number of halogens is 9. The van der Waals surface area contributed by atoms with Gasteiger partial charge in [-0.15, -0.1) is 5.10 Å². The van der Waals surface area contributed by atoms with E-state index in [2.05, 4.69) is 10.3 Å². The second-order valence-electron chi connectivity index (χ2n) is 5.04. The van der Waals surface area contributed by atoms with Crippen LogP contribution in [0.15, 0.2) is 30.5 Å². The predicted molar refractivity (Wildman–Crippen MR) is 67.9 cm³/mol. The molecule has 0 amide bonds. The summed E-state index contributed by atoms with van der Waals surface area (Å²) in [4.78, 5) is 9.68. The lowest BCUT2D eigenvalue weighted by atomic mass is 10.0. The van der Waals surface area contributed by atoms with Crippen LogP contribution in [0, 0.1) is 10.1 Å². The molecule has 0 saturated carbocycles. The Morgan fingerprint density at radius 1 is 0.889 bits per heavy atom. The summed E-state index contributed by atoms with van der Waals surface area (Å²) >= 11 is 0. The van der Waals surface area contributed by atoms with Gasteiger partial charge < -0.3 is 0 Å². The van der Waals surface area contributed by atoms with E-state index in [0.717, 1.165) is 24.3 Å². The highest BCUT2D eigenvalue weighted by molar-refractivity contribution is 5.40. The van der Waals surface area contributed by atoms with Crippen molar-refractivity contribution in [3.8, 4) is 5.69 Å². The molecule has 0 spiro atoms. The van der Waals surface area contributed by atoms with Gasteiger partial charge in [0.05, 0.1) is 16.8 Å². The molecule has 0 fully saturated rings. The van der Waals surface area contributed by atoms with Gasteiger partial charge in [-0.2, -0.15) is 39.5 Å². The summed E-state index contributed by atoms with van der Waals surface area (Å²) < 4.78 is 116. The third-order valence-electron chi connectivity index (χ3n) is 3.28. The molecule has 2 rings (SSSR count). The summed E-state index contributed by atoms with van der Waals surface area (Å²) in [6.45, 7) is 0. The highest BCUT2D eigenvalue weighted by atomic mass is 19.4. The van der Waals surface area contributed by atoms with Gasteiger partial charge in [0, 0.05) is 12.1 Å². The topological polar surface area (TPSA) is 73.8 Å². The van der Waals surface area contributed by atoms with Gasteiger partial charge in [0.1, 0.15) is 0 Å². The Kier molecular flexibility index (Phi) is 4.61. The average Bonchev–Trinajstić information content (AvgIpc) is 3.04. The standard InChI is InChI=1S/C12H5F9N4O2/c13-9(14,10(15,16)11(17,18)12(19,20)21)8-5-24(23-22-8)6-1-3-7(4-2-6)25(26)27/h1-5H. The van der Waals surface area contributed by atoms with E-state index < -0.39 is 40.2 Å². The normalized spacial score (nSPS) is 13.7. The maximum absolute atomic E-state index is 13.7. The van der Waals surface area contributed by atoms with Crippen molar-refractivity contribution < 1.29 is 44.4 Å². The molecule has 148 valence electrons. The number of hydrogen-bond acceptors (Lipinski definition) is 4. The Morgan fingerprint density at radius 2 is 1.41 bits per heavy atom. The first-order chi connectivity index (χ1) is 12.1. The maximum Gasteiger partial charge on any atom is 0.460 e. The van der Waals surface area contributed by atoms with Crippen LogP contribution >= 0.6 is 0 Å². The van der Waals surface area contributed by atoms with Crippen LogP contribution in [0.3, 0.4) is 0 Å². The van der Waals surface area contributed by atoms with Crippen molar-refractivity contribution >= 4 is 5.69 Å². The van der Waals surface area contributed by atoms with Crippen LogP contribution in [0.4, 0.5) is 45.2 Å². The van der Waals surface area contributed by atoms with Crippen LogP contribution in [-0.4, -0.2) is 37.9 Å². The smallest absolute Gasteiger partial charge is 0.258 e. The fourth-order valence-electron chi connectivity index (χ4n) is 1.80. The summed E-state index contributed by atoms with van der Waals surface area (Å²) in [5, 5.41) is 16.0. The van der Waals surface area contributed by atoms with Gasteiger partial charge >= 0.3 is 23.9 Å². The lowest BCUT2D eigenvalue weighted by Crippen LogP contribution is -2.59. The third-order valence-corrected chi connectivity index (χ3v) is 3.28. The van der Waals surface area contributed by atoms with Crippen LogP contribution < -0.4 is 0 Å². The first-order valence-electron chi connectivity index (χ1n) is 6.51. The Morgan fingerprint density at radius 3 is 1.85 bits per heavy atom. The van der Waals surface area contributed by atoms with Gasteiger partial charge in [-0.05, 0) is 12.1 Å². The Balaban J connectivity index is 2.42. The zero-order valence-electron chi connectivity index (χ0n) is 12.4. The molecule has 0 bridgehead atoms. The van der Waals surface area contributed by atoms with Gasteiger partial charge in [0.2, 0.25) is 0 Å².